The van der Waals surface area contributed by atoms with Crippen LogP contribution >= 0.6 is 0 Å². The van der Waals surface area contributed by atoms with Crippen molar-refractivity contribution < 1.29 is 4.79 Å². The van der Waals surface area contributed by atoms with E-state index < -0.39 is 5.54 Å². The van der Waals surface area contributed by atoms with Gasteiger partial charge in [-0.1, -0.05) is 32.5 Å². The first kappa shape index (κ1) is 26.2. The second-order valence-electron chi connectivity index (χ2n) is 11.5. The first-order valence-corrected chi connectivity index (χ1v) is 12.1. The van der Waals surface area contributed by atoms with Gasteiger partial charge in [-0.15, -0.1) is 0 Å². The highest BCUT2D eigenvalue weighted by atomic mass is 16.2. The highest BCUT2D eigenvalue weighted by Gasteiger charge is 2.47. The molecule has 0 radical (unpaired) electrons. The van der Waals surface area contributed by atoms with Crippen molar-refractivity contribution >= 4 is 96.5 Å². The van der Waals surface area contributed by atoms with E-state index in [-0.39, 0.29) is 16.5 Å². The minimum Gasteiger partial charge on any atom is -0.340 e. The van der Waals surface area contributed by atoms with Crippen molar-refractivity contribution in [1.82, 2.24) is 14.9 Å². The second kappa shape index (κ2) is 8.98. The predicted octanol–water partition coefficient (Wildman–Crippen LogP) is -8.31. The van der Waals surface area contributed by atoms with Gasteiger partial charge in [0.1, 0.15) is 50.8 Å². The number of nitrogens with one attached hydrogen (secondary N) is 1. The number of benzene rings is 1. The zero-order chi connectivity index (χ0) is 25.6. The molecule has 1 saturated heterocycles. The fourth-order valence-electron chi connectivity index (χ4n) is 5.91. The number of hydrogen-bond donors (Lipinski definition) is 1. The smallest absolute Gasteiger partial charge is 0.247 e. The molecule has 2 aromatic rings. The lowest BCUT2D eigenvalue weighted by Gasteiger charge is -2.44. The fraction of sp³-hybridized carbons (Fsp3) is 0.400. The first-order chi connectivity index (χ1) is 15.6. The minimum absolute atomic E-state index is 0.0227. The van der Waals surface area contributed by atoms with Crippen LogP contribution in [0.4, 0.5) is 5.95 Å². The van der Waals surface area contributed by atoms with Crippen molar-refractivity contribution in [2.45, 2.75) is 42.8 Å². The zero-order valence-electron chi connectivity index (χ0n) is 22.5. The number of amides is 1. The minimum atomic E-state index is -0.906. The van der Waals surface area contributed by atoms with Gasteiger partial charge in [-0.05, 0) is 32.3 Å². The van der Waals surface area contributed by atoms with Crippen LogP contribution in [0.2, 0.25) is 0 Å². The summed E-state index contributed by atoms with van der Waals surface area (Å²) in [4.78, 5) is 24.4. The topological polar surface area (TPSA) is 81.9 Å². The maximum Gasteiger partial charge on any atom is 0.247 e. The molecule has 14 heteroatoms. The van der Waals surface area contributed by atoms with E-state index >= 15 is 0 Å². The van der Waals surface area contributed by atoms with Gasteiger partial charge in [0.2, 0.25) is 11.9 Å². The summed E-state index contributed by atoms with van der Waals surface area (Å²) in [7, 11) is 17.9. The Labute approximate surface area is 211 Å². The average Bonchev–Trinajstić information content (AvgIpc) is 3.13. The molecule has 1 fully saturated rings. The molecule has 1 atom stereocenters. The van der Waals surface area contributed by atoms with Gasteiger partial charge in [0.25, 0.3) is 0 Å². The molecular weight excluding hydrogens is 413 g/mol. The van der Waals surface area contributed by atoms with Crippen LogP contribution in [0.5, 0.6) is 0 Å². The Balaban J connectivity index is 2.03. The molecule has 1 aromatic heterocycles. The number of aromatic nitrogens is 2. The number of anilines is 1. The second-order valence-corrected chi connectivity index (χ2v) is 11.5. The standard InChI is InChI=1S/C20H31B8N5O/c1-18(2,32-17-30-7-9(6-29)8-31-17)16(34)33-5-3-4-19(33,25)10-12(21)14(23)11(20(26,27)28)15(24)13(10)22/h7-8H,3-5,21-28H2,1-2H3,(H,30,31,32)/t19-/m0/s1. The van der Waals surface area contributed by atoms with Gasteiger partial charge in [0.15, 0.2) is 0 Å². The van der Waals surface area contributed by atoms with Crippen molar-refractivity contribution in [3.63, 3.8) is 0 Å². The molecule has 2 heterocycles. The molecule has 6 nitrogen and oxygen atoms in total. The normalized spacial score (nSPS) is 18.4. The van der Waals surface area contributed by atoms with Crippen molar-refractivity contribution in [1.29, 1.82) is 5.26 Å². The Morgan fingerprint density at radius 2 is 1.62 bits per heavy atom. The summed E-state index contributed by atoms with van der Waals surface area (Å²) in [5.41, 5.74) is 7.02. The van der Waals surface area contributed by atoms with Gasteiger partial charge in [-0.3, -0.25) is 4.79 Å². The number of carbonyl (C=O) groups excluding carboxylic acids is 1. The molecule has 1 aromatic carbocycles. The third kappa shape index (κ3) is 4.46. The van der Waals surface area contributed by atoms with Gasteiger partial charge in [0, 0.05) is 12.0 Å². The van der Waals surface area contributed by atoms with Crippen molar-refractivity contribution in [3.8, 4) is 6.07 Å². The van der Waals surface area contributed by atoms with E-state index in [1.807, 2.05) is 19.9 Å². The van der Waals surface area contributed by atoms with Crippen molar-refractivity contribution in [3.05, 3.63) is 29.1 Å². The number of hydrogen-bond acceptors (Lipinski definition) is 5. The third-order valence-electron chi connectivity index (χ3n) is 7.54. The quantitative estimate of drug-likeness (QED) is 0.464. The highest BCUT2D eigenvalue weighted by molar-refractivity contribution is 6.65. The fourth-order valence-corrected chi connectivity index (χ4v) is 5.91. The van der Waals surface area contributed by atoms with Crippen LogP contribution in [0, 0.1) is 11.3 Å². The van der Waals surface area contributed by atoms with E-state index in [1.54, 1.807) is 0 Å². The highest BCUT2D eigenvalue weighted by Crippen LogP contribution is 2.36. The lowest BCUT2D eigenvalue weighted by atomic mass is 9.36. The van der Waals surface area contributed by atoms with Crippen LogP contribution < -0.4 is 27.2 Å². The number of likely N-dealkylation sites (tertiary alicyclic amines) is 1. The molecule has 3 rings (SSSR count). The molecule has 0 aliphatic carbocycles. The van der Waals surface area contributed by atoms with Crippen molar-refractivity contribution in [2.24, 2.45) is 0 Å². The van der Waals surface area contributed by atoms with Crippen LogP contribution in [-0.2, 0) is 15.3 Å². The summed E-state index contributed by atoms with van der Waals surface area (Å²) in [6.07, 6.45) is 4.82. The Hall–Kier alpha value is -2.42. The first-order valence-electron chi connectivity index (χ1n) is 12.1. The molecule has 1 N–H and O–H groups in total. The Morgan fingerprint density at radius 1 is 1.09 bits per heavy atom. The number of nitriles is 1. The van der Waals surface area contributed by atoms with Crippen LogP contribution in [0.15, 0.2) is 12.4 Å². The maximum atomic E-state index is 14.0. The van der Waals surface area contributed by atoms with E-state index in [0.29, 0.717) is 18.1 Å². The summed E-state index contributed by atoms with van der Waals surface area (Å²) in [6, 6.07) is 2.02. The predicted molar refractivity (Wildman–Crippen MR) is 162 cm³/mol. The van der Waals surface area contributed by atoms with E-state index in [1.165, 1.54) is 45.4 Å². The number of nitrogens with zero attached hydrogens (tertiary/aromatic N) is 4. The summed E-state index contributed by atoms with van der Waals surface area (Å²) in [6.45, 7) is 4.45. The third-order valence-corrected chi connectivity index (χ3v) is 7.54. The molecule has 1 aliphatic rings. The van der Waals surface area contributed by atoms with Crippen LogP contribution in [0.3, 0.4) is 0 Å². The van der Waals surface area contributed by atoms with E-state index in [2.05, 4.69) is 83.0 Å². The molecular formula is C20H31B8N5O. The van der Waals surface area contributed by atoms with Crippen LogP contribution in [0.1, 0.15) is 43.4 Å². The van der Waals surface area contributed by atoms with Gasteiger partial charge in [0.05, 0.1) is 41.5 Å². The van der Waals surface area contributed by atoms with Gasteiger partial charge in [-0.25, -0.2) is 9.97 Å². The van der Waals surface area contributed by atoms with Gasteiger partial charge in [-0.2, -0.15) is 5.26 Å². The number of rotatable bonds is 5. The lowest BCUT2D eigenvalue weighted by Crippen LogP contribution is -2.62. The Bertz CT molecular complexity index is 1150. The molecule has 1 aliphatic heterocycles. The molecule has 0 unspecified atom stereocenters. The summed E-state index contributed by atoms with van der Waals surface area (Å²) in [5, 5.41) is 12.2. The molecule has 166 valence electrons. The molecule has 0 bridgehead atoms. The maximum absolute atomic E-state index is 14.0. The summed E-state index contributed by atoms with van der Waals surface area (Å²) >= 11 is 0. The zero-order valence-corrected chi connectivity index (χ0v) is 22.5. The molecule has 1 amide bonds. The average molecular weight is 444 g/mol. The van der Waals surface area contributed by atoms with Gasteiger partial charge >= 0.3 is 0 Å². The van der Waals surface area contributed by atoms with Gasteiger partial charge < -0.3 is 10.2 Å². The van der Waals surface area contributed by atoms with Crippen LogP contribution in [0.25, 0.3) is 0 Å². The molecule has 34 heavy (non-hydrogen) atoms. The van der Waals surface area contributed by atoms with E-state index in [9.17, 15) is 4.79 Å². The lowest BCUT2D eigenvalue weighted by molar-refractivity contribution is -0.137. The number of carbonyl (C=O) groups is 1. The monoisotopic (exact) mass is 445 g/mol. The largest absolute Gasteiger partial charge is 0.340 e. The SMILES string of the molecule is Bc1c(B)c([C@]2(B)CCCN2C(=O)C(C)(C)Nc2ncc(C#N)cn2)c(B)c(B)c1C(B)(B)B. The molecule has 0 spiro atoms. The van der Waals surface area contributed by atoms with Crippen molar-refractivity contribution in [2.75, 3.05) is 11.9 Å². The summed E-state index contributed by atoms with van der Waals surface area (Å²) < 4.78 is 0. The molecule has 0 saturated carbocycles. The van der Waals surface area contributed by atoms with E-state index in [0.717, 1.165) is 12.8 Å². The van der Waals surface area contributed by atoms with Crippen LogP contribution in [-0.4, -0.2) is 95.6 Å². The summed E-state index contributed by atoms with van der Waals surface area (Å²) in [5.74, 6) is 0.362. The van der Waals surface area contributed by atoms with E-state index in [4.69, 9.17) is 5.26 Å². The Morgan fingerprint density at radius 3 is 2.09 bits per heavy atom. The Kier molecular flexibility index (Phi) is 6.92.